The van der Waals surface area contributed by atoms with Crippen LogP contribution in [0.4, 0.5) is 5.69 Å². The Kier molecular flexibility index (Phi) is 19.4. The number of aliphatic imine (C=N–C) groups is 1. The minimum Gasteiger partial charge on any atom is -0.491 e. The van der Waals surface area contributed by atoms with Gasteiger partial charge in [-0.1, -0.05) is 63.6 Å². The summed E-state index contributed by atoms with van der Waals surface area (Å²) < 4.78 is 23.8. The predicted molar refractivity (Wildman–Crippen MR) is 230 cm³/mol. The number of hydrogen-bond donors (Lipinski definition) is 4. The minimum atomic E-state index is -0.475. The van der Waals surface area contributed by atoms with Crippen LogP contribution in [0.3, 0.4) is 0 Å². The SMILES string of the molecule is CC.CC.CC(=N)N1C(=N)CN=C(c2ccc(Cl)cc2)c2cc(OCCOCCNC(=O)c3ccc(B4OC(C)(C)C(C)(C)O4)cc3)ccc21.CCNC(C)=O. The van der Waals surface area contributed by atoms with Gasteiger partial charge in [0.2, 0.25) is 5.91 Å². The van der Waals surface area contributed by atoms with Crippen LogP contribution < -0.4 is 25.7 Å². The Labute approximate surface area is 338 Å². The number of hydrogen-bond acceptors (Lipinski definition) is 9. The molecule has 12 nitrogen and oxygen atoms in total. The van der Waals surface area contributed by atoms with Crippen LogP contribution in [0.15, 0.2) is 71.7 Å². The summed E-state index contributed by atoms with van der Waals surface area (Å²) in [5, 5.41) is 22.8. The topological polar surface area (TPSA) is 158 Å². The van der Waals surface area contributed by atoms with E-state index in [2.05, 4.69) is 10.6 Å². The molecule has 56 heavy (non-hydrogen) atoms. The summed E-state index contributed by atoms with van der Waals surface area (Å²) in [7, 11) is -0.475. The number of amidine groups is 2. The van der Waals surface area contributed by atoms with Crippen molar-refractivity contribution in [3.8, 4) is 5.75 Å². The molecule has 304 valence electrons. The van der Waals surface area contributed by atoms with Gasteiger partial charge >= 0.3 is 7.12 Å². The molecule has 2 aliphatic rings. The number of halogens is 1. The fraction of sp³-hybridized carbons (Fsp3) is 0.452. The summed E-state index contributed by atoms with van der Waals surface area (Å²) >= 11 is 6.11. The molecule has 0 saturated carbocycles. The molecule has 0 aromatic heterocycles. The Morgan fingerprint density at radius 3 is 2.04 bits per heavy atom. The van der Waals surface area contributed by atoms with E-state index >= 15 is 0 Å². The van der Waals surface area contributed by atoms with E-state index in [1.165, 1.54) is 6.92 Å². The number of benzene rings is 3. The molecule has 2 heterocycles. The molecule has 0 spiro atoms. The first-order chi connectivity index (χ1) is 26.6. The van der Waals surface area contributed by atoms with Gasteiger partial charge in [0.05, 0.1) is 42.4 Å². The van der Waals surface area contributed by atoms with Crippen molar-refractivity contribution in [3.05, 3.63) is 88.4 Å². The number of carbonyl (C=O) groups is 2. The van der Waals surface area contributed by atoms with Gasteiger partial charge in [0.25, 0.3) is 5.91 Å². The molecule has 4 N–H and O–H groups in total. The molecule has 1 saturated heterocycles. The molecule has 0 aliphatic carbocycles. The third-order valence-electron chi connectivity index (χ3n) is 8.73. The average Bonchev–Trinajstić information content (AvgIpc) is 3.29. The van der Waals surface area contributed by atoms with E-state index in [0.717, 1.165) is 23.1 Å². The highest BCUT2D eigenvalue weighted by Crippen LogP contribution is 2.36. The Morgan fingerprint density at radius 1 is 0.893 bits per heavy atom. The van der Waals surface area contributed by atoms with Gasteiger partial charge in [-0.3, -0.25) is 30.3 Å². The van der Waals surface area contributed by atoms with E-state index in [4.69, 9.17) is 46.2 Å². The van der Waals surface area contributed by atoms with Crippen molar-refractivity contribution in [2.45, 2.75) is 87.4 Å². The highest BCUT2D eigenvalue weighted by atomic mass is 35.5. The lowest BCUT2D eigenvalue weighted by atomic mass is 9.79. The van der Waals surface area contributed by atoms with Gasteiger partial charge in [-0.15, -0.1) is 0 Å². The molecule has 2 amide bonds. The van der Waals surface area contributed by atoms with Crippen molar-refractivity contribution in [2.75, 3.05) is 44.4 Å². The van der Waals surface area contributed by atoms with Crippen LogP contribution in [0, 0.1) is 10.8 Å². The first kappa shape index (κ1) is 47.6. The molecule has 0 unspecified atom stereocenters. The smallest absolute Gasteiger partial charge is 0.491 e. The van der Waals surface area contributed by atoms with E-state index in [1.54, 1.807) is 36.1 Å². The second-order valence-corrected chi connectivity index (χ2v) is 13.7. The first-order valence-corrected chi connectivity index (χ1v) is 19.6. The van der Waals surface area contributed by atoms with Gasteiger partial charge in [-0.05, 0) is 89.5 Å². The number of amides is 2. The van der Waals surface area contributed by atoms with E-state index in [-0.39, 0.29) is 30.0 Å². The third-order valence-corrected chi connectivity index (χ3v) is 8.98. The van der Waals surface area contributed by atoms with E-state index in [0.29, 0.717) is 54.1 Å². The van der Waals surface area contributed by atoms with Gasteiger partial charge in [-0.2, -0.15) is 0 Å². The number of rotatable bonds is 11. The summed E-state index contributed by atoms with van der Waals surface area (Å²) in [6.07, 6.45) is 0. The lowest BCUT2D eigenvalue weighted by Crippen LogP contribution is -2.41. The molecule has 0 bridgehead atoms. The van der Waals surface area contributed by atoms with Crippen LogP contribution in [-0.4, -0.2) is 87.0 Å². The van der Waals surface area contributed by atoms with E-state index in [9.17, 15) is 9.59 Å². The number of carbonyl (C=O) groups excluding carboxylic acids is 2. The predicted octanol–water partition coefficient (Wildman–Crippen LogP) is 7.29. The zero-order chi connectivity index (χ0) is 42.1. The second kappa shape index (κ2) is 22.9. The maximum absolute atomic E-state index is 12.6. The van der Waals surface area contributed by atoms with Crippen molar-refractivity contribution in [1.29, 1.82) is 10.8 Å². The minimum absolute atomic E-state index is 0.0394. The third kappa shape index (κ3) is 13.3. The number of nitrogens with one attached hydrogen (secondary N) is 4. The standard InChI is InChI=1S/C34H39BClN5O5.C4H9NO.2C2H6/c1-22(37)41-29-15-14-27(20-28(29)31(40-21-30(41)38)23-8-12-26(36)13-9-23)44-19-18-43-17-16-39-32(42)24-6-10-25(11-7-24)35-45-33(2,3)34(4,5)46-35;1-3-5-4(2)6;2*1-2/h6-15,20,37-38H,16-19,21H2,1-5H3,(H,39,42);3H2,1-2H3,(H,5,6);2*1-2H3. The van der Waals surface area contributed by atoms with Gasteiger partial charge in [0, 0.05) is 41.7 Å². The molecule has 5 rings (SSSR count). The number of fused-ring (bicyclic) bond motifs is 1. The van der Waals surface area contributed by atoms with Crippen molar-refractivity contribution in [3.63, 3.8) is 0 Å². The van der Waals surface area contributed by atoms with Crippen LogP contribution in [0.2, 0.25) is 5.02 Å². The van der Waals surface area contributed by atoms with Crippen molar-refractivity contribution in [2.24, 2.45) is 4.99 Å². The van der Waals surface area contributed by atoms with Gasteiger partial charge in [0.15, 0.2) is 0 Å². The van der Waals surface area contributed by atoms with Crippen molar-refractivity contribution >= 4 is 59.1 Å². The molecule has 0 radical (unpaired) electrons. The summed E-state index contributed by atoms with van der Waals surface area (Å²) in [5.74, 6) is 0.900. The monoisotopic (exact) mass is 790 g/mol. The molecule has 3 aromatic rings. The summed E-state index contributed by atoms with van der Waals surface area (Å²) in [4.78, 5) is 28.8. The molecule has 1 fully saturated rings. The van der Waals surface area contributed by atoms with Crippen LogP contribution in [0.25, 0.3) is 0 Å². The number of ether oxygens (including phenoxy) is 2. The highest BCUT2D eigenvalue weighted by molar-refractivity contribution is 6.62. The Hall–Kier alpha value is -4.56. The summed E-state index contributed by atoms with van der Waals surface area (Å²) in [6.45, 7) is 23.2. The largest absolute Gasteiger partial charge is 0.494 e. The summed E-state index contributed by atoms with van der Waals surface area (Å²) in [5.41, 5.74) is 3.54. The van der Waals surface area contributed by atoms with Crippen LogP contribution >= 0.6 is 11.6 Å². The maximum Gasteiger partial charge on any atom is 0.494 e. The number of anilines is 1. The fourth-order valence-corrected chi connectivity index (χ4v) is 5.49. The normalized spacial score (nSPS) is 14.9. The van der Waals surface area contributed by atoms with Gasteiger partial charge in [-0.25, -0.2) is 0 Å². The van der Waals surface area contributed by atoms with Crippen molar-refractivity contribution in [1.82, 2.24) is 10.6 Å². The fourth-order valence-electron chi connectivity index (χ4n) is 5.36. The first-order valence-electron chi connectivity index (χ1n) is 19.2. The maximum atomic E-state index is 12.6. The average molecular weight is 791 g/mol. The van der Waals surface area contributed by atoms with Gasteiger partial charge in [0.1, 0.15) is 24.0 Å². The molecular formula is C42H60BClN6O6. The number of benzodiazepines with no additional fused rings is 1. The molecule has 14 heteroatoms. The van der Waals surface area contributed by atoms with E-state index < -0.39 is 18.3 Å². The molecule has 3 aromatic carbocycles. The number of nitrogens with zero attached hydrogens (tertiary/aromatic N) is 2. The second-order valence-electron chi connectivity index (χ2n) is 13.2. The summed E-state index contributed by atoms with van der Waals surface area (Å²) in [6, 6.07) is 20.1. The van der Waals surface area contributed by atoms with E-state index in [1.807, 2.05) is 105 Å². The molecular weight excluding hydrogens is 731 g/mol. The van der Waals surface area contributed by atoms with Crippen molar-refractivity contribution < 1.29 is 28.4 Å². The Balaban J connectivity index is 0.000000976. The Bertz CT molecular complexity index is 1770. The lowest BCUT2D eigenvalue weighted by Gasteiger charge is -2.32. The lowest BCUT2D eigenvalue weighted by molar-refractivity contribution is -0.118. The van der Waals surface area contributed by atoms with Crippen LogP contribution in [0.5, 0.6) is 5.75 Å². The van der Waals surface area contributed by atoms with Gasteiger partial charge < -0.3 is 29.4 Å². The highest BCUT2D eigenvalue weighted by Gasteiger charge is 2.51. The van der Waals surface area contributed by atoms with Crippen LogP contribution in [-0.2, 0) is 18.8 Å². The quantitative estimate of drug-likeness (QED) is 0.0688. The molecule has 2 aliphatic heterocycles. The molecule has 0 atom stereocenters. The van der Waals surface area contributed by atoms with Crippen LogP contribution in [0.1, 0.15) is 97.6 Å². The zero-order valence-corrected chi connectivity index (χ0v) is 35.6. The Morgan fingerprint density at radius 2 is 1.50 bits per heavy atom. The zero-order valence-electron chi connectivity index (χ0n) is 34.9.